The zero-order valence-corrected chi connectivity index (χ0v) is 21.1. The largest absolute Gasteiger partial charge is 0.490 e. The number of hydrogen-bond acceptors (Lipinski definition) is 9. The van der Waals surface area contributed by atoms with E-state index >= 15 is 0 Å². The number of hydrogen-bond donors (Lipinski definition) is 1. The molecule has 0 radical (unpaired) electrons. The molecule has 0 aliphatic carbocycles. The van der Waals surface area contributed by atoms with Gasteiger partial charge >= 0.3 is 0 Å². The van der Waals surface area contributed by atoms with Crippen molar-refractivity contribution in [2.24, 2.45) is 11.7 Å². The Labute approximate surface area is 218 Å². The molecule has 0 unspecified atom stereocenters. The van der Waals surface area contributed by atoms with Crippen molar-refractivity contribution in [2.45, 2.75) is 24.5 Å². The van der Waals surface area contributed by atoms with Crippen molar-refractivity contribution in [1.82, 2.24) is 19.9 Å². The number of benzene rings is 1. The van der Waals surface area contributed by atoms with E-state index in [4.69, 9.17) is 26.8 Å². The highest BCUT2D eigenvalue weighted by atomic mass is 35.5. The van der Waals surface area contributed by atoms with Gasteiger partial charge in [-0.25, -0.2) is 28.7 Å². The lowest BCUT2D eigenvalue weighted by Gasteiger charge is -2.37. The first-order valence-corrected chi connectivity index (χ1v) is 12.4. The quantitative estimate of drug-likeness (QED) is 0.492. The minimum Gasteiger partial charge on any atom is -0.490 e. The molecule has 0 amide bonds. The molecule has 9 nitrogen and oxygen atoms in total. The van der Waals surface area contributed by atoms with Crippen LogP contribution in [0.25, 0.3) is 0 Å². The zero-order valence-electron chi connectivity index (χ0n) is 20.3. The lowest BCUT2D eigenvalue weighted by molar-refractivity contribution is 0.0215. The molecule has 5 rings (SSSR count). The van der Waals surface area contributed by atoms with E-state index < -0.39 is 11.6 Å². The summed E-state index contributed by atoms with van der Waals surface area (Å²) in [6, 6.07) is 3.07. The normalized spacial score (nSPS) is 23.9. The van der Waals surface area contributed by atoms with Gasteiger partial charge in [0.1, 0.15) is 11.6 Å². The van der Waals surface area contributed by atoms with Gasteiger partial charge in [-0.05, 0) is 30.2 Å². The molecule has 0 saturated carbocycles. The van der Waals surface area contributed by atoms with Crippen LogP contribution in [0.5, 0.6) is 5.75 Å². The van der Waals surface area contributed by atoms with Crippen LogP contribution in [-0.2, 0) is 4.74 Å². The Morgan fingerprint density at radius 2 is 1.70 bits per heavy atom. The van der Waals surface area contributed by atoms with Gasteiger partial charge in [-0.15, -0.1) is 0 Å². The van der Waals surface area contributed by atoms with Gasteiger partial charge in [0.05, 0.1) is 42.5 Å². The van der Waals surface area contributed by atoms with Crippen molar-refractivity contribution in [3.63, 3.8) is 0 Å². The van der Waals surface area contributed by atoms with Crippen molar-refractivity contribution in [3.05, 3.63) is 65.2 Å². The highest BCUT2D eigenvalue weighted by Gasteiger charge is 2.35. The molecular weight excluding hydrogens is 504 g/mol. The average Bonchev–Trinajstić information content (AvgIpc) is 3.30. The third-order valence-corrected chi connectivity index (χ3v) is 7.17. The predicted molar refractivity (Wildman–Crippen MR) is 135 cm³/mol. The Bertz CT molecular complexity index is 1200. The molecule has 0 spiro atoms. The predicted octanol–water partition coefficient (Wildman–Crippen LogP) is 3.05. The van der Waals surface area contributed by atoms with E-state index in [0.717, 1.165) is 25.1 Å². The number of anilines is 2. The second-order valence-corrected chi connectivity index (χ2v) is 9.78. The molecule has 12 heteroatoms. The molecule has 2 aliphatic rings. The molecule has 2 fully saturated rings. The van der Waals surface area contributed by atoms with E-state index in [2.05, 4.69) is 24.8 Å². The number of aromatic nitrogens is 4. The van der Waals surface area contributed by atoms with Crippen molar-refractivity contribution in [3.8, 4) is 5.75 Å². The van der Waals surface area contributed by atoms with Crippen LogP contribution in [0.1, 0.15) is 17.9 Å². The van der Waals surface area contributed by atoms with Crippen LogP contribution in [0, 0.1) is 17.6 Å². The van der Waals surface area contributed by atoms with Gasteiger partial charge in [0.2, 0.25) is 11.9 Å². The highest BCUT2D eigenvalue weighted by Crippen LogP contribution is 2.31. The smallest absolute Gasteiger partial charge is 0.225 e. The molecule has 2 saturated heterocycles. The average molecular weight is 532 g/mol. The van der Waals surface area contributed by atoms with Crippen molar-refractivity contribution < 1.29 is 18.3 Å². The van der Waals surface area contributed by atoms with Crippen LogP contribution in [0.4, 0.5) is 20.7 Å². The summed E-state index contributed by atoms with van der Waals surface area (Å²) in [6.07, 6.45) is 7.18. The molecule has 196 valence electrons. The summed E-state index contributed by atoms with van der Waals surface area (Å²) < 4.78 is 39.7. The molecule has 2 N–H and O–H groups in total. The number of piperidine rings is 1. The van der Waals surface area contributed by atoms with E-state index in [0.29, 0.717) is 48.9 Å². The summed E-state index contributed by atoms with van der Waals surface area (Å²) in [5.41, 5.74) is 6.53. The van der Waals surface area contributed by atoms with E-state index in [9.17, 15) is 8.78 Å². The maximum absolute atomic E-state index is 14.3. The van der Waals surface area contributed by atoms with Gasteiger partial charge < -0.3 is 25.0 Å². The monoisotopic (exact) mass is 531 g/mol. The van der Waals surface area contributed by atoms with E-state index in [1.807, 2.05) is 4.90 Å². The standard InChI is InChI=1S/C25H28ClF2N7O2/c1-36-23-13-34(24-30-7-16(26)8-31-24)5-4-15(23)14-37-18-9-32-25(33-10-18)35-11-20(22(29)12-35)19-6-17(27)2-3-21(19)28/h2-3,6-10,15,20,22-23H,4-5,11-14,29H2,1H3/t15-,20-,22+,23+/m1/s1. The van der Waals surface area contributed by atoms with Crippen LogP contribution in [0.2, 0.25) is 5.02 Å². The lowest BCUT2D eigenvalue weighted by atomic mass is 9.94. The molecule has 2 aromatic heterocycles. The van der Waals surface area contributed by atoms with Gasteiger partial charge in [0, 0.05) is 51.2 Å². The first kappa shape index (κ1) is 25.5. The topological polar surface area (TPSA) is 103 Å². The highest BCUT2D eigenvalue weighted by molar-refractivity contribution is 6.30. The van der Waals surface area contributed by atoms with E-state index in [-0.39, 0.29) is 29.5 Å². The summed E-state index contributed by atoms with van der Waals surface area (Å²) in [7, 11) is 1.69. The van der Waals surface area contributed by atoms with E-state index in [1.54, 1.807) is 31.9 Å². The molecule has 3 aromatic rings. The van der Waals surface area contributed by atoms with Crippen LogP contribution >= 0.6 is 11.6 Å². The fourth-order valence-corrected chi connectivity index (χ4v) is 5.04. The Hall–Kier alpha value is -3.15. The molecule has 0 bridgehead atoms. The summed E-state index contributed by atoms with van der Waals surface area (Å²) in [4.78, 5) is 21.4. The minimum absolute atomic E-state index is 0.0561. The lowest BCUT2D eigenvalue weighted by Crippen LogP contribution is -2.47. The third-order valence-electron chi connectivity index (χ3n) is 6.97. The summed E-state index contributed by atoms with van der Waals surface area (Å²) in [6.45, 7) is 2.70. The van der Waals surface area contributed by atoms with Gasteiger partial charge in [-0.1, -0.05) is 11.6 Å². The second-order valence-electron chi connectivity index (χ2n) is 9.34. The number of nitrogens with zero attached hydrogens (tertiary/aromatic N) is 6. The van der Waals surface area contributed by atoms with E-state index in [1.165, 1.54) is 6.07 Å². The molecular formula is C25H28ClF2N7O2. The Morgan fingerprint density at radius 3 is 2.43 bits per heavy atom. The Morgan fingerprint density at radius 1 is 1.00 bits per heavy atom. The second kappa shape index (κ2) is 11.1. The SMILES string of the molecule is CO[C@H]1CN(c2ncc(Cl)cn2)CC[C@@H]1COc1cnc(N2C[C@H](c3cc(F)ccc3F)[C@@H](N)C2)nc1. The number of nitrogens with two attached hydrogens (primary N) is 1. The van der Waals surface area contributed by atoms with Gasteiger partial charge in [-0.2, -0.15) is 0 Å². The first-order valence-electron chi connectivity index (χ1n) is 12.1. The minimum atomic E-state index is -0.487. The Balaban J connectivity index is 1.16. The molecule has 2 aliphatic heterocycles. The maximum Gasteiger partial charge on any atom is 0.225 e. The van der Waals surface area contributed by atoms with Crippen molar-refractivity contribution in [2.75, 3.05) is 49.7 Å². The molecule has 4 heterocycles. The first-order chi connectivity index (χ1) is 17.9. The number of halogens is 3. The molecule has 4 atom stereocenters. The van der Waals surface area contributed by atoms with Crippen LogP contribution in [0.3, 0.4) is 0 Å². The number of ether oxygens (including phenoxy) is 2. The van der Waals surface area contributed by atoms with Gasteiger partial charge in [0.25, 0.3) is 0 Å². The molecule has 1 aromatic carbocycles. The molecule has 37 heavy (non-hydrogen) atoms. The summed E-state index contributed by atoms with van der Waals surface area (Å²) in [5, 5.41) is 0.497. The fourth-order valence-electron chi connectivity index (χ4n) is 4.94. The fraction of sp³-hybridized carbons (Fsp3) is 0.440. The number of methoxy groups -OCH3 is 1. The third kappa shape index (κ3) is 5.73. The van der Waals surface area contributed by atoms with Gasteiger partial charge in [0.15, 0.2) is 5.75 Å². The van der Waals surface area contributed by atoms with Gasteiger partial charge in [-0.3, -0.25) is 0 Å². The summed E-state index contributed by atoms with van der Waals surface area (Å²) >= 11 is 5.90. The number of rotatable bonds is 7. The van der Waals surface area contributed by atoms with Crippen LogP contribution < -0.4 is 20.3 Å². The zero-order chi connectivity index (χ0) is 25.9. The summed E-state index contributed by atoms with van der Waals surface area (Å²) in [5.74, 6) is 0.496. The van der Waals surface area contributed by atoms with Crippen molar-refractivity contribution >= 4 is 23.5 Å². The van der Waals surface area contributed by atoms with Crippen molar-refractivity contribution in [1.29, 1.82) is 0 Å². The van der Waals surface area contributed by atoms with Crippen LogP contribution in [0.15, 0.2) is 43.0 Å². The van der Waals surface area contributed by atoms with Crippen LogP contribution in [-0.4, -0.2) is 72.0 Å². The maximum atomic E-state index is 14.3. The Kier molecular flexibility index (Phi) is 7.63.